The van der Waals surface area contributed by atoms with Crippen molar-refractivity contribution in [1.82, 2.24) is 9.47 Å². The Balaban J connectivity index is 1.90. The summed E-state index contributed by atoms with van der Waals surface area (Å²) in [5.74, 6) is -1.09. The Morgan fingerprint density at radius 3 is 2.45 bits per heavy atom. The van der Waals surface area contributed by atoms with E-state index in [1.54, 1.807) is 28.5 Å². The number of carboxylic acid groups (broad SMARTS) is 1. The van der Waals surface area contributed by atoms with Gasteiger partial charge in [0, 0.05) is 41.2 Å². The number of carbonyl (C=O) groups is 2. The van der Waals surface area contributed by atoms with E-state index in [1.807, 2.05) is 19.1 Å². The van der Waals surface area contributed by atoms with Crippen molar-refractivity contribution >= 4 is 22.8 Å². The van der Waals surface area contributed by atoms with Crippen LogP contribution in [-0.2, 0) is 28.9 Å². The van der Waals surface area contributed by atoms with Gasteiger partial charge in [-0.3, -0.25) is 9.59 Å². The maximum atomic E-state index is 13.5. The molecule has 5 nitrogen and oxygen atoms in total. The van der Waals surface area contributed by atoms with Gasteiger partial charge in [-0.15, -0.1) is 0 Å². The number of rotatable bonds is 7. The van der Waals surface area contributed by atoms with Crippen LogP contribution in [0.3, 0.4) is 0 Å². The molecule has 4 rings (SSSR count). The summed E-state index contributed by atoms with van der Waals surface area (Å²) in [5.41, 5.74) is 2.22. The number of amides is 1. The molecule has 0 aliphatic heterocycles. The van der Waals surface area contributed by atoms with Crippen LogP contribution in [0.2, 0.25) is 0 Å². The van der Waals surface area contributed by atoms with Crippen molar-refractivity contribution in [3.8, 4) is 11.1 Å². The Bertz CT molecular complexity index is 1230. The van der Waals surface area contributed by atoms with Crippen molar-refractivity contribution in [2.24, 2.45) is 5.92 Å². The third-order valence-corrected chi connectivity index (χ3v) is 6.21. The first kappa shape index (κ1) is 22.9. The first-order valence-corrected chi connectivity index (χ1v) is 10.9. The van der Waals surface area contributed by atoms with Crippen LogP contribution >= 0.6 is 0 Å². The number of halogens is 3. The number of hydrogen-bond donors (Lipinski definition) is 1. The van der Waals surface area contributed by atoms with Gasteiger partial charge in [0.05, 0.1) is 5.56 Å². The molecule has 0 bridgehead atoms. The van der Waals surface area contributed by atoms with Gasteiger partial charge in [0.1, 0.15) is 6.54 Å². The average molecular weight is 458 g/mol. The standard InChI is InChI=1S/C25H25F3N2O3/c1-3-29(24(33)16-8-9-16)13-17-12-18(25(26,27)28)10-11-19(17)23-15(2)30(14-22(31)32)21-7-5-4-6-20(21)23/h4-7,10-12,16H,3,8-9,13-14H2,1-2H3,(H,31,32). The number of carbonyl (C=O) groups excluding carboxylic acids is 1. The van der Waals surface area contributed by atoms with Gasteiger partial charge in [-0.2, -0.15) is 13.2 Å². The summed E-state index contributed by atoms with van der Waals surface area (Å²) in [6.45, 7) is 3.78. The van der Waals surface area contributed by atoms with Gasteiger partial charge < -0.3 is 14.6 Å². The predicted molar refractivity (Wildman–Crippen MR) is 119 cm³/mol. The molecule has 174 valence electrons. The van der Waals surface area contributed by atoms with Gasteiger partial charge in [0.15, 0.2) is 0 Å². The molecule has 3 aromatic rings. The fourth-order valence-corrected chi connectivity index (χ4v) is 4.39. The lowest BCUT2D eigenvalue weighted by Gasteiger charge is -2.23. The number of alkyl halides is 3. The second-order valence-electron chi connectivity index (χ2n) is 8.45. The molecule has 33 heavy (non-hydrogen) atoms. The fraction of sp³-hybridized carbons (Fsp3) is 0.360. The highest BCUT2D eigenvalue weighted by Crippen LogP contribution is 2.40. The summed E-state index contributed by atoms with van der Waals surface area (Å²) < 4.78 is 42.3. The monoisotopic (exact) mass is 458 g/mol. The van der Waals surface area contributed by atoms with Crippen molar-refractivity contribution in [3.63, 3.8) is 0 Å². The molecule has 1 N–H and O–H groups in total. The smallest absolute Gasteiger partial charge is 0.416 e. The highest BCUT2D eigenvalue weighted by Gasteiger charge is 2.35. The lowest BCUT2D eigenvalue weighted by molar-refractivity contribution is -0.138. The van der Waals surface area contributed by atoms with Crippen molar-refractivity contribution in [2.45, 2.75) is 46.0 Å². The Labute approximate surface area is 189 Å². The largest absolute Gasteiger partial charge is 0.480 e. The summed E-state index contributed by atoms with van der Waals surface area (Å²) >= 11 is 0. The van der Waals surface area contributed by atoms with Crippen molar-refractivity contribution in [3.05, 3.63) is 59.3 Å². The van der Waals surface area contributed by atoms with Gasteiger partial charge in [-0.05, 0) is 56.0 Å². The molecule has 0 saturated heterocycles. The van der Waals surface area contributed by atoms with Crippen LogP contribution in [0.5, 0.6) is 0 Å². The number of aliphatic carboxylic acids is 1. The van der Waals surface area contributed by atoms with Gasteiger partial charge in [0.25, 0.3) is 0 Å². The second kappa shape index (κ2) is 8.57. The zero-order valence-electron chi connectivity index (χ0n) is 18.4. The molecule has 1 heterocycles. The first-order chi connectivity index (χ1) is 15.6. The van der Waals surface area contributed by atoms with E-state index < -0.39 is 17.7 Å². The minimum Gasteiger partial charge on any atom is -0.480 e. The number of hydrogen-bond acceptors (Lipinski definition) is 2. The number of aromatic nitrogens is 1. The highest BCUT2D eigenvalue weighted by atomic mass is 19.4. The number of fused-ring (bicyclic) bond motifs is 1. The summed E-state index contributed by atoms with van der Waals surface area (Å²) in [7, 11) is 0. The van der Waals surface area contributed by atoms with E-state index in [0.717, 1.165) is 30.4 Å². The third kappa shape index (κ3) is 4.47. The Morgan fingerprint density at radius 1 is 1.15 bits per heavy atom. The van der Waals surface area contributed by atoms with Crippen molar-refractivity contribution in [1.29, 1.82) is 0 Å². The molecule has 1 saturated carbocycles. The molecule has 1 fully saturated rings. The van der Waals surface area contributed by atoms with E-state index >= 15 is 0 Å². The molecule has 0 radical (unpaired) electrons. The van der Waals surface area contributed by atoms with E-state index in [2.05, 4.69) is 0 Å². The van der Waals surface area contributed by atoms with E-state index in [0.29, 0.717) is 34.4 Å². The summed E-state index contributed by atoms with van der Waals surface area (Å²) in [5, 5.41) is 10.1. The first-order valence-electron chi connectivity index (χ1n) is 10.9. The minimum atomic E-state index is -4.52. The number of nitrogens with zero attached hydrogens (tertiary/aromatic N) is 2. The molecule has 8 heteroatoms. The van der Waals surface area contributed by atoms with Gasteiger partial charge >= 0.3 is 12.1 Å². The zero-order valence-corrected chi connectivity index (χ0v) is 18.4. The Hall–Kier alpha value is -3.29. The summed E-state index contributed by atoms with van der Waals surface area (Å²) in [6, 6.07) is 10.8. The van der Waals surface area contributed by atoms with Gasteiger partial charge in [-0.25, -0.2) is 0 Å². The summed E-state index contributed by atoms with van der Waals surface area (Å²) in [4.78, 5) is 25.8. The molecule has 0 spiro atoms. The molecule has 1 aliphatic carbocycles. The normalized spacial score (nSPS) is 14.0. The fourth-order valence-electron chi connectivity index (χ4n) is 4.39. The topological polar surface area (TPSA) is 62.5 Å². The van der Waals surface area contributed by atoms with E-state index in [9.17, 15) is 27.9 Å². The number of carboxylic acids is 1. The van der Waals surface area contributed by atoms with Crippen LogP contribution in [0, 0.1) is 12.8 Å². The second-order valence-corrected chi connectivity index (χ2v) is 8.45. The lowest BCUT2D eigenvalue weighted by Crippen LogP contribution is -2.31. The van der Waals surface area contributed by atoms with Crippen LogP contribution in [0.15, 0.2) is 42.5 Å². The summed E-state index contributed by atoms with van der Waals surface area (Å²) in [6.07, 6.45) is -2.89. The number of benzene rings is 2. The average Bonchev–Trinajstić information content (AvgIpc) is 3.57. The highest BCUT2D eigenvalue weighted by molar-refractivity contribution is 5.99. The van der Waals surface area contributed by atoms with Crippen LogP contribution < -0.4 is 0 Å². The van der Waals surface area contributed by atoms with E-state index in [1.165, 1.54) is 6.07 Å². The maximum Gasteiger partial charge on any atom is 0.416 e. The number of para-hydroxylation sites is 1. The van der Waals surface area contributed by atoms with Gasteiger partial charge in [0.2, 0.25) is 5.91 Å². The van der Waals surface area contributed by atoms with Crippen LogP contribution in [0.25, 0.3) is 22.0 Å². The molecule has 0 atom stereocenters. The van der Waals surface area contributed by atoms with E-state index in [-0.39, 0.29) is 24.9 Å². The zero-order chi connectivity index (χ0) is 23.9. The Kier molecular flexibility index (Phi) is 5.95. The van der Waals surface area contributed by atoms with Crippen LogP contribution in [-0.4, -0.2) is 33.0 Å². The quantitative estimate of drug-likeness (QED) is 0.510. The SMILES string of the molecule is CCN(Cc1cc(C(F)(F)F)ccc1-c1c(C)n(CC(=O)O)c2ccccc12)C(=O)C1CC1. The van der Waals surface area contributed by atoms with Gasteiger partial charge in [-0.1, -0.05) is 24.3 Å². The molecular weight excluding hydrogens is 433 g/mol. The molecule has 1 aliphatic rings. The minimum absolute atomic E-state index is 0.0362. The molecular formula is C25H25F3N2O3. The van der Waals surface area contributed by atoms with Crippen molar-refractivity contribution in [2.75, 3.05) is 6.54 Å². The Morgan fingerprint density at radius 2 is 1.85 bits per heavy atom. The molecule has 0 unspecified atom stereocenters. The third-order valence-electron chi connectivity index (χ3n) is 6.21. The maximum absolute atomic E-state index is 13.5. The van der Waals surface area contributed by atoms with Crippen LogP contribution in [0.1, 0.15) is 36.6 Å². The van der Waals surface area contributed by atoms with Crippen molar-refractivity contribution < 1.29 is 27.9 Å². The van der Waals surface area contributed by atoms with E-state index in [4.69, 9.17) is 0 Å². The lowest BCUT2D eigenvalue weighted by atomic mass is 9.94. The molecule has 1 aromatic heterocycles. The molecule has 1 amide bonds. The van der Waals surface area contributed by atoms with Crippen LogP contribution in [0.4, 0.5) is 13.2 Å². The molecule has 2 aromatic carbocycles. The predicted octanol–water partition coefficient (Wildman–Crippen LogP) is 5.48.